The van der Waals surface area contributed by atoms with Gasteiger partial charge in [0.05, 0.1) is 0 Å². The van der Waals surface area contributed by atoms with Crippen LogP contribution in [0.4, 0.5) is 0 Å². The van der Waals surface area contributed by atoms with Gasteiger partial charge in [0.25, 0.3) is 0 Å². The van der Waals surface area contributed by atoms with E-state index in [-0.39, 0.29) is 11.8 Å². The molecule has 0 amide bonds. The second-order valence-electron chi connectivity index (χ2n) is 20.3. The summed E-state index contributed by atoms with van der Waals surface area (Å²) in [6.45, 7) is 4.63. The molecule has 1 fully saturated rings. The summed E-state index contributed by atoms with van der Waals surface area (Å²) in [4.78, 5) is 2.95. The first kappa shape index (κ1) is 43.6. The van der Waals surface area contributed by atoms with E-state index in [0.29, 0.717) is 22.3 Å². The van der Waals surface area contributed by atoms with E-state index in [9.17, 15) is 0 Å². The summed E-state index contributed by atoms with van der Waals surface area (Å²) in [6.07, 6.45) is 30.8. The van der Waals surface area contributed by atoms with Crippen LogP contribution in [0.1, 0.15) is 84.4 Å². The summed E-state index contributed by atoms with van der Waals surface area (Å²) >= 11 is 4.26. The molecule has 0 saturated carbocycles. The van der Waals surface area contributed by atoms with E-state index in [4.69, 9.17) is 0 Å². The predicted molar refractivity (Wildman–Crippen MR) is 305 cm³/mol. The molecular weight excluding hydrogens is 881 g/mol. The van der Waals surface area contributed by atoms with Gasteiger partial charge in [-0.2, -0.15) is 0 Å². The monoisotopic (exact) mass is 938 g/mol. The van der Waals surface area contributed by atoms with E-state index in [1.165, 1.54) is 115 Å². The summed E-state index contributed by atoms with van der Waals surface area (Å²) in [5.41, 5.74) is 11.4. The van der Waals surface area contributed by atoms with Gasteiger partial charge in [0.1, 0.15) is 0 Å². The average Bonchev–Trinajstić information content (AvgIpc) is 4.06. The van der Waals surface area contributed by atoms with Gasteiger partial charge in [-0.1, -0.05) is 189 Å². The minimum absolute atomic E-state index is 0.245. The fourth-order valence-electron chi connectivity index (χ4n) is 12.8. The number of benzene rings is 7. The molecule has 1 aliphatic heterocycles. The Morgan fingerprint density at radius 1 is 0.657 bits per heavy atom. The summed E-state index contributed by atoms with van der Waals surface area (Å²) in [5.74, 6) is 1.77. The summed E-state index contributed by atoms with van der Waals surface area (Å²) < 4.78 is 0. The van der Waals surface area contributed by atoms with Crippen LogP contribution in [0.15, 0.2) is 200 Å². The van der Waals surface area contributed by atoms with Crippen molar-refractivity contribution in [3.05, 3.63) is 242 Å². The minimum atomic E-state index is 0.245. The van der Waals surface area contributed by atoms with Crippen LogP contribution >= 0.6 is 23.1 Å². The Balaban J connectivity index is 0.952. The quantitative estimate of drug-likeness (QED) is 0.103. The highest BCUT2D eigenvalue weighted by molar-refractivity contribution is 8.01. The first-order valence-electron chi connectivity index (χ1n) is 25.8. The molecule has 0 nitrogen and oxygen atoms in total. The molecule has 2 heteroatoms. The third-order valence-corrected chi connectivity index (χ3v) is 19.3. The van der Waals surface area contributed by atoms with Crippen LogP contribution in [0.2, 0.25) is 0 Å². The number of hydrogen-bond acceptors (Lipinski definition) is 2. The van der Waals surface area contributed by atoms with Crippen LogP contribution < -0.4 is 20.9 Å². The fraction of sp³-hybridized carbons (Fsp3) is 0.206. The van der Waals surface area contributed by atoms with Crippen molar-refractivity contribution in [2.45, 2.75) is 68.8 Å². The van der Waals surface area contributed by atoms with E-state index in [1.807, 2.05) is 11.3 Å². The third kappa shape index (κ3) is 7.67. The summed E-state index contributed by atoms with van der Waals surface area (Å²) in [7, 11) is 0. The smallest absolute Gasteiger partial charge is 0.0423 e. The van der Waals surface area contributed by atoms with Crippen LogP contribution in [-0.2, 0) is 0 Å². The normalized spacial score (nSPS) is 22.7. The molecular formula is C68H58S2. The van der Waals surface area contributed by atoms with Gasteiger partial charge in [0, 0.05) is 32.1 Å². The minimum Gasteiger partial charge on any atom is -0.144 e. The molecule has 0 bridgehead atoms. The molecule has 342 valence electrons. The second kappa shape index (κ2) is 18.4. The molecule has 13 rings (SSSR count). The van der Waals surface area contributed by atoms with Crippen LogP contribution in [0.25, 0.3) is 72.3 Å². The Labute approximate surface area is 420 Å². The van der Waals surface area contributed by atoms with Crippen molar-refractivity contribution >= 4 is 84.3 Å². The Morgan fingerprint density at radius 3 is 2.29 bits per heavy atom. The molecule has 8 aromatic rings. The predicted octanol–water partition coefficient (Wildman–Crippen LogP) is 15.7. The molecule has 6 atom stereocenters. The van der Waals surface area contributed by atoms with Gasteiger partial charge in [0.2, 0.25) is 0 Å². The SMILES string of the molecule is C/C=C\CCC1C=CC(c2ccc(C3SC(C4=c5ccccc5=C(c5ccc6c(-c7ccc8ccccc8c7)c7ccccc7c(C7C=c8ccccc8=CC7)c6c5)C5CC=CC=C45)CC3C)s2)=CC1. The van der Waals surface area contributed by atoms with Crippen molar-refractivity contribution in [1.29, 1.82) is 0 Å². The number of rotatable bonds is 9. The maximum absolute atomic E-state index is 2.61. The van der Waals surface area contributed by atoms with Crippen molar-refractivity contribution in [2.24, 2.45) is 17.8 Å². The number of fused-ring (bicyclic) bond motifs is 6. The first-order valence-corrected chi connectivity index (χ1v) is 27.5. The number of allylic oxidation sites excluding steroid dienone is 10. The molecule has 70 heavy (non-hydrogen) atoms. The van der Waals surface area contributed by atoms with E-state index < -0.39 is 0 Å². The maximum Gasteiger partial charge on any atom is 0.0423 e. The van der Waals surface area contributed by atoms with Crippen LogP contribution in [0, 0.1) is 17.8 Å². The number of thioether (sulfide) groups is 1. The Kier molecular flexibility index (Phi) is 11.4. The molecule has 5 aliphatic rings. The summed E-state index contributed by atoms with van der Waals surface area (Å²) in [5, 5.41) is 14.3. The Hall–Kier alpha value is -6.45. The van der Waals surface area contributed by atoms with Gasteiger partial charge >= 0.3 is 0 Å². The first-order chi connectivity index (χ1) is 34.6. The topological polar surface area (TPSA) is 0 Å². The molecule has 4 aliphatic carbocycles. The van der Waals surface area contributed by atoms with Gasteiger partial charge in [0.15, 0.2) is 0 Å². The highest BCUT2D eigenvalue weighted by atomic mass is 32.2. The van der Waals surface area contributed by atoms with Crippen molar-refractivity contribution in [3.63, 3.8) is 0 Å². The molecule has 0 radical (unpaired) electrons. The Bertz CT molecular complexity index is 3830. The molecule has 2 heterocycles. The molecule has 6 unspecified atom stereocenters. The van der Waals surface area contributed by atoms with Crippen molar-refractivity contribution < 1.29 is 0 Å². The zero-order valence-electron chi connectivity index (χ0n) is 40.2. The maximum atomic E-state index is 2.61. The molecule has 7 aromatic carbocycles. The molecule has 1 aromatic heterocycles. The van der Waals surface area contributed by atoms with Crippen LogP contribution in [-0.4, -0.2) is 5.25 Å². The van der Waals surface area contributed by atoms with E-state index in [1.54, 1.807) is 5.57 Å². The zero-order chi connectivity index (χ0) is 46.7. The van der Waals surface area contributed by atoms with E-state index >= 15 is 0 Å². The van der Waals surface area contributed by atoms with Gasteiger partial charge in [-0.25, -0.2) is 0 Å². The number of hydrogen-bond donors (Lipinski definition) is 0. The fourth-order valence-corrected chi connectivity index (χ4v) is 16.0. The lowest BCUT2D eigenvalue weighted by atomic mass is 9.72. The standard InChI is InChI=1S/C68H58S2/c1-3-4-5-16-44-27-29-47(30-28-44)61-37-38-62(69-61)68-43(2)39-63(70-68)67-57-25-14-12-23-55(57)65(56-24-13-15-26-58(56)67)52-35-36-59-60(42-52)66(51-34-32-46-18-7-9-20-49(46)41-51)54-22-11-10-21-53(54)64(59)50-33-31-45-17-6-8-19-48(45)40-50/h3-4,6-15,17-23,25-27,29-33,35-38,40-44,51,56,63,68H,5,16,24,28,34,39H2,1-2H3/b4-3-. The highest BCUT2D eigenvalue weighted by Gasteiger charge is 2.40. The van der Waals surface area contributed by atoms with Crippen molar-refractivity contribution in [1.82, 2.24) is 0 Å². The van der Waals surface area contributed by atoms with E-state index in [0.717, 1.165) is 25.7 Å². The van der Waals surface area contributed by atoms with Crippen molar-refractivity contribution in [3.8, 4) is 11.1 Å². The van der Waals surface area contributed by atoms with E-state index in [2.05, 4.69) is 232 Å². The molecule has 1 saturated heterocycles. The summed E-state index contributed by atoms with van der Waals surface area (Å²) in [6, 6.07) is 55.9. The van der Waals surface area contributed by atoms with Crippen LogP contribution in [0.3, 0.4) is 0 Å². The lowest BCUT2D eigenvalue weighted by Gasteiger charge is -2.33. The highest BCUT2D eigenvalue weighted by Crippen LogP contribution is 2.56. The molecule has 0 N–H and O–H groups in total. The lowest BCUT2D eigenvalue weighted by molar-refractivity contribution is 0.569. The average molecular weight is 939 g/mol. The van der Waals surface area contributed by atoms with Gasteiger partial charge in [-0.15, -0.1) is 23.1 Å². The van der Waals surface area contributed by atoms with Gasteiger partial charge < -0.3 is 0 Å². The largest absolute Gasteiger partial charge is 0.144 e. The molecule has 0 spiro atoms. The van der Waals surface area contributed by atoms with Crippen molar-refractivity contribution in [2.75, 3.05) is 0 Å². The Morgan fingerprint density at radius 2 is 1.43 bits per heavy atom. The third-order valence-electron chi connectivity index (χ3n) is 16.1. The van der Waals surface area contributed by atoms with Gasteiger partial charge in [-0.05, 0) is 179 Å². The lowest BCUT2D eigenvalue weighted by Crippen LogP contribution is -2.39. The van der Waals surface area contributed by atoms with Crippen LogP contribution in [0.5, 0.6) is 0 Å². The van der Waals surface area contributed by atoms with Gasteiger partial charge in [-0.3, -0.25) is 0 Å². The number of thiophene rings is 1. The zero-order valence-corrected chi connectivity index (χ0v) is 41.8. The second-order valence-corrected chi connectivity index (χ2v) is 22.8.